The van der Waals surface area contributed by atoms with Crippen LogP contribution in [0.4, 0.5) is 0 Å². The topological polar surface area (TPSA) is 72.3 Å². The molecule has 0 radical (unpaired) electrons. The number of thiocarbonyl (C=S) groups is 1. The van der Waals surface area contributed by atoms with Gasteiger partial charge < -0.3 is 11.5 Å². The number of nitrogens with zero attached hydrogens (tertiary/aromatic N) is 1. The summed E-state index contributed by atoms with van der Waals surface area (Å²) in [5.41, 5.74) is 10.7. The quantitative estimate of drug-likeness (QED) is 0.663. The van der Waals surface area contributed by atoms with Crippen molar-refractivity contribution in [3.8, 4) is 0 Å². The van der Waals surface area contributed by atoms with Gasteiger partial charge >= 0.3 is 0 Å². The van der Waals surface area contributed by atoms with E-state index in [2.05, 4.69) is 4.90 Å². The van der Waals surface area contributed by atoms with E-state index in [-0.39, 0.29) is 17.4 Å². The Kier molecular flexibility index (Phi) is 3.67. The minimum absolute atomic E-state index is 0.0767. The molecule has 86 valence electrons. The van der Waals surface area contributed by atoms with Gasteiger partial charge in [-0.05, 0) is 19.4 Å². The molecule has 4 nitrogen and oxygen atoms in total. The Morgan fingerprint density at radius 1 is 1.53 bits per heavy atom. The van der Waals surface area contributed by atoms with Crippen molar-refractivity contribution in [2.75, 3.05) is 13.1 Å². The summed E-state index contributed by atoms with van der Waals surface area (Å²) in [5.74, 6) is -0.227. The molecule has 0 bridgehead atoms. The fourth-order valence-electron chi connectivity index (χ4n) is 1.58. The minimum atomic E-state index is -0.227. The number of primary amides is 1. The zero-order valence-electron chi connectivity index (χ0n) is 9.32. The third-order valence-electron chi connectivity index (χ3n) is 3.15. The van der Waals surface area contributed by atoms with Gasteiger partial charge in [-0.2, -0.15) is 0 Å². The number of hydrogen-bond donors (Lipinski definition) is 2. The highest BCUT2D eigenvalue weighted by molar-refractivity contribution is 7.80. The van der Waals surface area contributed by atoms with E-state index >= 15 is 0 Å². The first-order valence-corrected chi connectivity index (χ1v) is 5.58. The van der Waals surface area contributed by atoms with E-state index in [4.69, 9.17) is 23.7 Å². The van der Waals surface area contributed by atoms with Crippen LogP contribution in [0.2, 0.25) is 0 Å². The summed E-state index contributed by atoms with van der Waals surface area (Å²) in [6.07, 6.45) is 1.74. The molecule has 0 aromatic heterocycles. The molecule has 0 aliphatic carbocycles. The molecule has 1 aliphatic heterocycles. The number of likely N-dealkylation sites (tertiary alicyclic amines) is 1. The minimum Gasteiger partial charge on any atom is -0.393 e. The van der Waals surface area contributed by atoms with Gasteiger partial charge in [-0.25, -0.2) is 0 Å². The van der Waals surface area contributed by atoms with Crippen LogP contribution in [0, 0.1) is 5.41 Å². The molecule has 1 atom stereocenters. The Balaban J connectivity index is 2.38. The molecule has 4 N–H and O–H groups in total. The molecule has 0 spiro atoms. The predicted octanol–water partition coefficient (Wildman–Crippen LogP) is 0.248. The molecule has 1 fully saturated rings. The monoisotopic (exact) mass is 229 g/mol. The first-order chi connectivity index (χ1) is 6.84. The van der Waals surface area contributed by atoms with Gasteiger partial charge in [0.1, 0.15) is 0 Å². The Labute approximate surface area is 96.0 Å². The normalized spacial score (nSPS) is 22.1. The molecule has 0 saturated carbocycles. The van der Waals surface area contributed by atoms with Crippen molar-refractivity contribution in [2.45, 2.75) is 32.7 Å². The molecule has 1 heterocycles. The van der Waals surface area contributed by atoms with Gasteiger partial charge in [0, 0.05) is 12.0 Å². The van der Waals surface area contributed by atoms with Crippen LogP contribution in [-0.4, -0.2) is 34.9 Å². The molecule has 0 aromatic carbocycles. The molecule has 5 heteroatoms. The Morgan fingerprint density at radius 2 is 2.13 bits per heavy atom. The van der Waals surface area contributed by atoms with Gasteiger partial charge in [0.05, 0.1) is 11.0 Å². The van der Waals surface area contributed by atoms with E-state index < -0.39 is 0 Å². The first kappa shape index (κ1) is 12.4. The number of nitrogens with two attached hydrogens (primary N) is 2. The second-order valence-electron chi connectivity index (χ2n) is 4.74. The maximum atomic E-state index is 11.0. The maximum absolute atomic E-state index is 11.0. The molecule has 1 aliphatic rings. The van der Waals surface area contributed by atoms with Crippen molar-refractivity contribution in [3.63, 3.8) is 0 Å². The SMILES string of the molecule is CC(C)(CCN1CCC1C(N)=O)C(N)=S. The molecule has 1 saturated heterocycles. The van der Waals surface area contributed by atoms with Gasteiger partial charge in [0.25, 0.3) is 0 Å². The Hall–Kier alpha value is -0.680. The van der Waals surface area contributed by atoms with Crippen LogP contribution in [-0.2, 0) is 4.79 Å². The first-order valence-electron chi connectivity index (χ1n) is 5.18. The maximum Gasteiger partial charge on any atom is 0.234 e. The molecule has 1 amide bonds. The summed E-state index contributed by atoms with van der Waals surface area (Å²) < 4.78 is 0. The van der Waals surface area contributed by atoms with E-state index in [1.165, 1.54) is 0 Å². The average Bonchev–Trinajstić information content (AvgIpc) is 2.00. The number of hydrogen-bond acceptors (Lipinski definition) is 3. The highest BCUT2D eigenvalue weighted by Crippen LogP contribution is 2.24. The standard InChI is InChI=1S/C10H19N3OS/c1-10(2,9(12)15)4-6-13-5-3-7(13)8(11)14/h7H,3-6H2,1-2H3,(H2,11,14)(H2,12,15). The van der Waals surface area contributed by atoms with Crippen molar-refractivity contribution < 1.29 is 4.79 Å². The van der Waals surface area contributed by atoms with Crippen LogP contribution in [0.25, 0.3) is 0 Å². The van der Waals surface area contributed by atoms with Gasteiger partial charge in [0.15, 0.2) is 0 Å². The molecule has 15 heavy (non-hydrogen) atoms. The number of carbonyl (C=O) groups excluding carboxylic acids is 1. The second-order valence-corrected chi connectivity index (χ2v) is 5.18. The van der Waals surface area contributed by atoms with E-state index in [1.54, 1.807) is 0 Å². The highest BCUT2D eigenvalue weighted by atomic mass is 32.1. The van der Waals surface area contributed by atoms with Crippen LogP contribution < -0.4 is 11.5 Å². The van der Waals surface area contributed by atoms with Gasteiger partial charge in [-0.1, -0.05) is 26.1 Å². The van der Waals surface area contributed by atoms with Crippen LogP contribution in [0.15, 0.2) is 0 Å². The summed E-state index contributed by atoms with van der Waals surface area (Å²) in [6.45, 7) is 5.82. The largest absolute Gasteiger partial charge is 0.393 e. The fourth-order valence-corrected chi connectivity index (χ4v) is 1.68. The lowest BCUT2D eigenvalue weighted by atomic mass is 9.88. The van der Waals surface area contributed by atoms with Gasteiger partial charge in [-0.3, -0.25) is 9.69 Å². The number of rotatable bonds is 5. The third-order valence-corrected chi connectivity index (χ3v) is 3.70. The lowest BCUT2D eigenvalue weighted by molar-refractivity contribution is -0.127. The zero-order valence-corrected chi connectivity index (χ0v) is 10.1. The van der Waals surface area contributed by atoms with Crippen LogP contribution in [0.3, 0.4) is 0 Å². The molecule has 1 rings (SSSR count). The van der Waals surface area contributed by atoms with E-state index in [9.17, 15) is 4.79 Å². The van der Waals surface area contributed by atoms with Gasteiger partial charge in [-0.15, -0.1) is 0 Å². The third kappa shape index (κ3) is 2.89. The lowest BCUT2D eigenvalue weighted by Gasteiger charge is -2.40. The fraction of sp³-hybridized carbons (Fsp3) is 0.800. The smallest absolute Gasteiger partial charge is 0.234 e. The van der Waals surface area contributed by atoms with Crippen molar-refractivity contribution in [1.29, 1.82) is 0 Å². The lowest BCUT2D eigenvalue weighted by Crippen LogP contribution is -2.55. The number of carbonyl (C=O) groups is 1. The van der Waals surface area contributed by atoms with Crippen molar-refractivity contribution in [2.24, 2.45) is 16.9 Å². The van der Waals surface area contributed by atoms with Crippen molar-refractivity contribution >= 4 is 23.1 Å². The Morgan fingerprint density at radius 3 is 2.47 bits per heavy atom. The predicted molar refractivity (Wildman–Crippen MR) is 64.4 cm³/mol. The van der Waals surface area contributed by atoms with Crippen LogP contribution in [0.1, 0.15) is 26.7 Å². The van der Waals surface area contributed by atoms with Crippen LogP contribution >= 0.6 is 12.2 Å². The molecule has 1 unspecified atom stereocenters. The van der Waals surface area contributed by atoms with Crippen molar-refractivity contribution in [1.82, 2.24) is 4.90 Å². The highest BCUT2D eigenvalue weighted by Gasteiger charge is 2.33. The van der Waals surface area contributed by atoms with Gasteiger partial charge in [0.2, 0.25) is 5.91 Å². The van der Waals surface area contributed by atoms with Crippen LogP contribution in [0.5, 0.6) is 0 Å². The molecule has 0 aromatic rings. The second kappa shape index (κ2) is 4.45. The van der Waals surface area contributed by atoms with Crippen molar-refractivity contribution in [3.05, 3.63) is 0 Å². The molecular formula is C10H19N3OS. The summed E-state index contributed by atoms with van der Waals surface area (Å²) >= 11 is 4.99. The average molecular weight is 229 g/mol. The summed E-state index contributed by atoms with van der Waals surface area (Å²) in [5, 5.41) is 0. The summed E-state index contributed by atoms with van der Waals surface area (Å²) in [7, 11) is 0. The molecular weight excluding hydrogens is 210 g/mol. The Bertz CT molecular complexity index is 278. The van der Waals surface area contributed by atoms with E-state index in [0.29, 0.717) is 4.99 Å². The zero-order chi connectivity index (χ0) is 11.6. The van der Waals surface area contributed by atoms with E-state index in [1.807, 2.05) is 13.8 Å². The summed E-state index contributed by atoms with van der Waals surface area (Å²) in [6, 6.07) is -0.0767. The van der Waals surface area contributed by atoms with E-state index in [0.717, 1.165) is 25.9 Å². The number of amides is 1. The summed E-state index contributed by atoms with van der Waals surface area (Å²) in [4.78, 5) is 13.6.